The number of furan rings is 1. The van der Waals surface area contributed by atoms with Gasteiger partial charge in [0, 0.05) is 12.8 Å². The van der Waals surface area contributed by atoms with Gasteiger partial charge in [0.05, 0.1) is 12.3 Å². The fraction of sp³-hybridized carbons (Fsp3) is 0.517. The van der Waals surface area contributed by atoms with Gasteiger partial charge in [-0.1, -0.05) is 62.4 Å². The summed E-state index contributed by atoms with van der Waals surface area (Å²) in [5, 5.41) is 2.79. The van der Waals surface area contributed by atoms with E-state index in [4.69, 9.17) is 9.15 Å². The Labute approximate surface area is 223 Å². The number of rotatable bonds is 11. The molecule has 4 rings (SSSR count). The molecule has 2 aromatic rings. The van der Waals surface area contributed by atoms with Gasteiger partial charge in [-0.15, -0.1) is 0 Å². The predicted octanol–water partition coefficient (Wildman–Crippen LogP) is 3.84. The lowest BCUT2D eigenvalue weighted by Gasteiger charge is -2.23. The van der Waals surface area contributed by atoms with Crippen molar-refractivity contribution in [2.24, 2.45) is 11.8 Å². The fourth-order valence-electron chi connectivity index (χ4n) is 5.35. The summed E-state index contributed by atoms with van der Waals surface area (Å²) in [6.45, 7) is 0.217. The molecule has 0 radical (unpaired) electrons. The lowest BCUT2D eigenvalue weighted by molar-refractivity contribution is -0.146. The molecule has 9 heteroatoms. The number of esters is 1. The summed E-state index contributed by atoms with van der Waals surface area (Å²) >= 11 is 0. The molecule has 2 saturated carbocycles. The quantitative estimate of drug-likeness (QED) is 0.232. The second kappa shape index (κ2) is 13.9. The van der Waals surface area contributed by atoms with Crippen LogP contribution >= 0.6 is 0 Å². The molecule has 0 aliphatic heterocycles. The van der Waals surface area contributed by atoms with Gasteiger partial charge in [-0.05, 0) is 48.8 Å². The van der Waals surface area contributed by atoms with Crippen LogP contribution in [0.5, 0.6) is 0 Å². The van der Waals surface area contributed by atoms with Gasteiger partial charge in [0.25, 0.3) is 11.8 Å². The molecular formula is C29H37N3O6. The minimum atomic E-state index is -0.740. The van der Waals surface area contributed by atoms with Crippen LogP contribution in [0.1, 0.15) is 80.3 Å². The molecule has 2 aliphatic carbocycles. The van der Waals surface area contributed by atoms with Crippen molar-refractivity contribution in [2.45, 2.75) is 82.9 Å². The number of hydrogen-bond acceptors (Lipinski definition) is 7. The number of hydrogen-bond donors (Lipinski definition) is 3. The second-order valence-electron chi connectivity index (χ2n) is 10.4. The van der Waals surface area contributed by atoms with Gasteiger partial charge < -0.3 is 14.5 Å². The van der Waals surface area contributed by atoms with Gasteiger partial charge in [-0.3, -0.25) is 24.6 Å². The topological polar surface area (TPSA) is 127 Å². The summed E-state index contributed by atoms with van der Waals surface area (Å²) < 4.78 is 10.6. The Morgan fingerprint density at radius 3 is 2.45 bits per heavy atom. The molecule has 204 valence electrons. The minimum Gasteiger partial charge on any atom is -0.461 e. The van der Waals surface area contributed by atoms with E-state index >= 15 is 0 Å². The zero-order valence-electron chi connectivity index (χ0n) is 21.7. The largest absolute Gasteiger partial charge is 0.461 e. The number of ketones is 1. The molecular weight excluding hydrogens is 486 g/mol. The zero-order valence-corrected chi connectivity index (χ0v) is 21.7. The lowest BCUT2D eigenvalue weighted by atomic mass is 9.96. The molecule has 2 fully saturated rings. The van der Waals surface area contributed by atoms with Crippen LogP contribution in [0.4, 0.5) is 0 Å². The summed E-state index contributed by atoms with van der Waals surface area (Å²) in [7, 11) is 0. The number of carbonyl (C=O) groups is 4. The Morgan fingerprint density at radius 2 is 1.71 bits per heavy atom. The van der Waals surface area contributed by atoms with E-state index in [0.29, 0.717) is 18.8 Å². The monoisotopic (exact) mass is 523 g/mol. The molecule has 9 nitrogen and oxygen atoms in total. The van der Waals surface area contributed by atoms with Crippen LogP contribution in [0.25, 0.3) is 0 Å². The van der Waals surface area contributed by atoms with Crippen LogP contribution in [-0.4, -0.2) is 35.7 Å². The first kappa shape index (κ1) is 27.6. The second-order valence-corrected chi connectivity index (χ2v) is 10.4. The van der Waals surface area contributed by atoms with Crippen molar-refractivity contribution in [2.75, 3.05) is 0 Å². The molecule has 2 aliphatic rings. The summed E-state index contributed by atoms with van der Waals surface area (Å²) in [5.74, 6) is -0.755. The molecule has 1 aromatic heterocycles. The molecule has 0 spiro atoms. The van der Waals surface area contributed by atoms with Gasteiger partial charge in [-0.2, -0.15) is 0 Å². The average molecular weight is 524 g/mol. The number of ether oxygens (including phenoxy) is 1. The maximum atomic E-state index is 13.1. The normalized spacial score (nSPS) is 20.9. The van der Waals surface area contributed by atoms with Gasteiger partial charge in [-0.25, -0.2) is 5.43 Å². The molecule has 0 bridgehead atoms. The van der Waals surface area contributed by atoms with E-state index in [-0.39, 0.29) is 48.8 Å². The van der Waals surface area contributed by atoms with Crippen molar-refractivity contribution in [3.63, 3.8) is 0 Å². The van der Waals surface area contributed by atoms with E-state index < -0.39 is 18.0 Å². The number of amides is 2. The van der Waals surface area contributed by atoms with Crippen molar-refractivity contribution in [1.29, 1.82) is 0 Å². The minimum absolute atomic E-state index is 0.0457. The summed E-state index contributed by atoms with van der Waals surface area (Å²) in [4.78, 5) is 50.9. The summed E-state index contributed by atoms with van der Waals surface area (Å²) in [5.41, 5.74) is 6.51. The molecule has 3 N–H and O–H groups in total. The highest BCUT2D eigenvalue weighted by Gasteiger charge is 2.31. The number of nitrogens with one attached hydrogen (secondary N) is 3. The van der Waals surface area contributed by atoms with Crippen LogP contribution in [-0.2, 0) is 25.7 Å². The molecule has 1 aromatic carbocycles. The van der Waals surface area contributed by atoms with Crippen LogP contribution in [0.2, 0.25) is 0 Å². The van der Waals surface area contributed by atoms with E-state index in [1.165, 1.54) is 6.26 Å². The van der Waals surface area contributed by atoms with E-state index in [2.05, 4.69) is 16.2 Å². The molecule has 0 saturated heterocycles. The standard InChI is InChI=1S/C29H37N3O6/c33-25-17-22(18-27(34)38-19-21-10-2-1-3-11-21)12-6-13-23(25)31-32-28(35)24(16-20-8-4-5-9-20)30-29(36)26-14-7-15-37-26/h1-3,7,10-11,14-15,20,22-24,31H,4-6,8-9,12-13,16-19H2,(H,30,36)(H,32,35). The van der Waals surface area contributed by atoms with Crippen LogP contribution in [0, 0.1) is 11.8 Å². The Kier molecular flexibility index (Phi) is 10.1. The van der Waals surface area contributed by atoms with Crippen molar-refractivity contribution in [3.05, 3.63) is 60.1 Å². The SMILES string of the molecule is O=C(CC1CCCC(NNC(=O)C(CC2CCCC2)NC(=O)c2ccco2)C(=O)C1)OCc1ccccc1. The number of hydrazine groups is 1. The van der Waals surface area contributed by atoms with Crippen LogP contribution < -0.4 is 16.2 Å². The van der Waals surface area contributed by atoms with E-state index in [9.17, 15) is 19.2 Å². The maximum absolute atomic E-state index is 13.1. The molecule has 3 unspecified atom stereocenters. The average Bonchev–Trinajstić information content (AvgIpc) is 3.61. The Morgan fingerprint density at radius 1 is 0.947 bits per heavy atom. The smallest absolute Gasteiger partial charge is 0.306 e. The number of benzene rings is 1. The van der Waals surface area contributed by atoms with Crippen LogP contribution in [0.3, 0.4) is 0 Å². The number of Topliss-reactive ketones (excluding diaryl/α,β-unsaturated/α-hetero) is 1. The van der Waals surface area contributed by atoms with Crippen molar-refractivity contribution in [3.8, 4) is 0 Å². The molecule has 3 atom stereocenters. The van der Waals surface area contributed by atoms with Gasteiger partial charge >= 0.3 is 5.97 Å². The van der Waals surface area contributed by atoms with Gasteiger partial charge in [0.2, 0.25) is 0 Å². The summed E-state index contributed by atoms with van der Waals surface area (Å²) in [6, 6.07) is 11.4. The van der Waals surface area contributed by atoms with Crippen LogP contribution in [0.15, 0.2) is 53.1 Å². The van der Waals surface area contributed by atoms with Gasteiger partial charge in [0.1, 0.15) is 12.6 Å². The highest BCUT2D eigenvalue weighted by Crippen LogP contribution is 2.29. The number of carbonyl (C=O) groups excluding carboxylic acids is 4. The first-order valence-electron chi connectivity index (χ1n) is 13.6. The van der Waals surface area contributed by atoms with Gasteiger partial charge in [0.15, 0.2) is 11.5 Å². The third kappa shape index (κ3) is 8.28. The van der Waals surface area contributed by atoms with Crippen molar-refractivity contribution >= 4 is 23.6 Å². The Bertz CT molecular complexity index is 1070. The Hall–Kier alpha value is -3.46. The Balaban J connectivity index is 1.25. The van der Waals surface area contributed by atoms with Crippen molar-refractivity contribution < 1.29 is 28.3 Å². The summed E-state index contributed by atoms with van der Waals surface area (Å²) in [6.07, 6.45) is 8.74. The van der Waals surface area contributed by atoms with E-state index in [0.717, 1.165) is 44.1 Å². The molecule has 38 heavy (non-hydrogen) atoms. The first-order chi connectivity index (χ1) is 18.5. The van der Waals surface area contributed by atoms with E-state index in [1.807, 2.05) is 30.3 Å². The maximum Gasteiger partial charge on any atom is 0.306 e. The molecule has 1 heterocycles. The third-order valence-electron chi connectivity index (χ3n) is 7.46. The predicted molar refractivity (Wildman–Crippen MR) is 139 cm³/mol. The lowest BCUT2D eigenvalue weighted by Crippen LogP contribution is -2.55. The van der Waals surface area contributed by atoms with E-state index in [1.54, 1.807) is 12.1 Å². The molecule has 2 amide bonds. The third-order valence-corrected chi connectivity index (χ3v) is 7.46. The highest BCUT2D eigenvalue weighted by molar-refractivity contribution is 5.95. The van der Waals surface area contributed by atoms with Crippen molar-refractivity contribution in [1.82, 2.24) is 16.2 Å². The first-order valence-corrected chi connectivity index (χ1v) is 13.6. The zero-order chi connectivity index (χ0) is 26.7. The highest BCUT2D eigenvalue weighted by atomic mass is 16.5. The fourth-order valence-corrected chi connectivity index (χ4v) is 5.35.